The number of aromatic nitrogens is 3. The number of nitrogens with zero attached hydrogens (tertiary/aromatic N) is 8. The van der Waals surface area contributed by atoms with Crippen molar-refractivity contribution in [3.05, 3.63) is 160 Å². The van der Waals surface area contributed by atoms with Gasteiger partial charge in [0.05, 0.1) is 131 Å². The van der Waals surface area contributed by atoms with Gasteiger partial charge in [-0.1, -0.05) is 54.6 Å². The highest BCUT2D eigenvalue weighted by molar-refractivity contribution is 7.21. The monoisotopic (exact) mass is 1950 g/mol. The van der Waals surface area contributed by atoms with Crippen LogP contribution in [0.2, 0.25) is 0 Å². The number of benzene rings is 3. The van der Waals surface area contributed by atoms with E-state index < -0.39 is 69.5 Å². The molecular weight excluding hydrogens is 1840 g/mol. The number of amides is 5. The van der Waals surface area contributed by atoms with Crippen LogP contribution in [0.5, 0.6) is 17.2 Å². The molecule has 36 nitrogen and oxygen atoms in total. The molecule has 0 bridgehead atoms. The number of nitrogens with one attached hydrogen (secondary N) is 1. The van der Waals surface area contributed by atoms with E-state index in [9.17, 15) is 57.5 Å². The highest BCUT2D eigenvalue weighted by Crippen LogP contribution is 2.57. The lowest BCUT2D eigenvalue weighted by Crippen LogP contribution is -2.59. The molecule has 5 amide bonds. The van der Waals surface area contributed by atoms with Crippen LogP contribution in [-0.2, 0) is 85.8 Å². The predicted octanol–water partition coefficient (Wildman–Crippen LogP) is 12.4. The van der Waals surface area contributed by atoms with Crippen LogP contribution in [0.4, 0.5) is 15.0 Å². The average Bonchev–Trinajstić information content (AvgIpc) is 1.22. The first-order chi connectivity index (χ1) is 65.8. The van der Waals surface area contributed by atoms with Crippen molar-refractivity contribution >= 4 is 131 Å². The van der Waals surface area contributed by atoms with E-state index in [1.54, 1.807) is 42.2 Å². The Hall–Kier alpha value is -11.8. The van der Waals surface area contributed by atoms with E-state index in [-0.39, 0.29) is 125 Å². The molecule has 3 spiro atoms. The van der Waals surface area contributed by atoms with Gasteiger partial charge in [0.1, 0.15) is 85.6 Å². The van der Waals surface area contributed by atoms with Crippen LogP contribution in [0, 0.1) is 37.0 Å². The fraction of sp³-hybridized carbons (Fsp3) is 0.469. The lowest BCUT2D eigenvalue weighted by atomic mass is 9.69. The molecule has 3 atom stereocenters. The number of Topliss-reactive ketones (excluding diaryl/α,β-unsaturated/α-hetero) is 3. The highest BCUT2D eigenvalue weighted by Gasteiger charge is 2.60. The van der Waals surface area contributed by atoms with Crippen molar-refractivity contribution in [1.82, 2.24) is 30.1 Å². The normalized spacial score (nSPS) is 18.8. The number of thiophene rings is 3. The molecule has 722 valence electrons. The number of methoxy groups -OCH3 is 6. The van der Waals surface area contributed by atoms with Gasteiger partial charge in [0, 0.05) is 82.5 Å². The summed E-state index contributed by atoms with van der Waals surface area (Å²) in [6.07, 6.45) is 12.9. The van der Waals surface area contributed by atoms with Gasteiger partial charge in [-0.2, -0.15) is 0 Å². The first kappa shape index (κ1) is 98.7. The number of ether oxygens (including phenoxy) is 12. The van der Waals surface area contributed by atoms with E-state index in [1.807, 2.05) is 93.6 Å². The molecule has 0 radical (unpaired) electrons. The average molecular weight is 1950 g/mol. The van der Waals surface area contributed by atoms with E-state index in [4.69, 9.17) is 55.9 Å². The van der Waals surface area contributed by atoms with Gasteiger partial charge in [-0.3, -0.25) is 57.9 Å². The molecule has 9 aliphatic heterocycles. The first-order valence-corrected chi connectivity index (χ1v) is 47.6. The van der Waals surface area contributed by atoms with Gasteiger partial charge in [0.25, 0.3) is 0 Å². The number of hydrogen-bond acceptors (Lipinski definition) is 34. The number of rotatable bonds is 22. The van der Waals surface area contributed by atoms with E-state index in [1.165, 1.54) is 75.0 Å². The summed E-state index contributed by atoms with van der Waals surface area (Å²) in [6.45, 7) is 11.2. The Morgan fingerprint density at radius 1 is 0.419 bits per heavy atom. The maximum Gasteiger partial charge on any atom is 0.396 e. The van der Waals surface area contributed by atoms with Crippen LogP contribution in [0.1, 0.15) is 160 Å². The van der Waals surface area contributed by atoms with Crippen LogP contribution >= 0.6 is 45.6 Å². The first-order valence-electron chi connectivity index (χ1n) is 44.8. The molecule has 18 rings (SSSR count). The summed E-state index contributed by atoms with van der Waals surface area (Å²) in [6, 6.07) is 22.9. The number of oxazole rings is 3. The number of para-hydroxylation sites is 3. The summed E-state index contributed by atoms with van der Waals surface area (Å²) < 4.78 is 83.9. The lowest BCUT2D eigenvalue weighted by Gasteiger charge is -2.45. The van der Waals surface area contributed by atoms with Gasteiger partial charge in [0.15, 0.2) is 17.3 Å². The van der Waals surface area contributed by atoms with E-state index in [0.29, 0.717) is 179 Å². The maximum atomic E-state index is 14.7. The Morgan fingerprint density at radius 2 is 0.699 bits per heavy atom. The van der Waals surface area contributed by atoms with Gasteiger partial charge < -0.3 is 85.2 Å². The number of carbonyl (C=O) groups is 12. The molecule has 6 saturated heterocycles. The number of anilines is 3. The van der Waals surface area contributed by atoms with Crippen molar-refractivity contribution in [2.45, 2.75) is 134 Å². The van der Waals surface area contributed by atoms with Crippen LogP contribution in [0.25, 0.3) is 32.3 Å². The second-order valence-electron chi connectivity index (χ2n) is 33.8. The van der Waals surface area contributed by atoms with Crippen molar-refractivity contribution in [2.24, 2.45) is 16.2 Å². The molecule has 1 N–H and O–H groups in total. The Labute approximate surface area is 800 Å². The molecule has 40 heteroatoms. The zero-order valence-corrected chi connectivity index (χ0v) is 79.9. The number of esters is 3. The fourth-order valence-corrected chi connectivity index (χ4v) is 22.8. The number of halogens is 1. The van der Waals surface area contributed by atoms with Gasteiger partial charge in [0.2, 0.25) is 35.4 Å². The van der Waals surface area contributed by atoms with Crippen molar-refractivity contribution < 1.29 is 128 Å². The summed E-state index contributed by atoms with van der Waals surface area (Å²) in [4.78, 5) is 178. The minimum Gasteiger partial charge on any atom is -0.496 e. The number of hydrogen-bond donors (Lipinski definition) is 1. The van der Waals surface area contributed by atoms with Crippen LogP contribution in [0.15, 0.2) is 123 Å². The van der Waals surface area contributed by atoms with Crippen LogP contribution in [-0.4, -0.2) is 254 Å². The predicted molar refractivity (Wildman–Crippen MR) is 494 cm³/mol. The molecule has 136 heavy (non-hydrogen) atoms. The molecule has 9 aromatic rings. The fourth-order valence-electron chi connectivity index (χ4n) is 19.0. The number of ketones is 3. The molecule has 0 saturated carbocycles. The zero-order valence-electron chi connectivity index (χ0n) is 76.7. The van der Waals surface area contributed by atoms with E-state index in [0.717, 1.165) is 61.3 Å². The maximum absolute atomic E-state index is 14.7. The summed E-state index contributed by atoms with van der Waals surface area (Å²) in [5.41, 5.74) is 2.11. The third kappa shape index (κ3) is 19.9. The molecule has 0 unspecified atom stereocenters. The number of fused-ring (bicyclic) bond motifs is 3. The SMILES string of the molecule is COC(=O)C(=O)Cl.COC(=O)C(=O)N1CCC2(CC1)C(=O)c1c(sc(-c3ncco3)c1C)N(C[C@H](OC1CCOCC1)c1ccccc1OC)C2=O.COC(=O)C(=O)N1CCC2(CC1)C(=O)c1c(sc(-c3ncco3)c1C)N(C[C@H](OC1CCOCC1)c1ccccc1OC)C2=O.COc1ccccc1[C@H](CN1C(=O)C2(CCNCC2)C(=O)c2c1sc(-c1ncco1)c2C)OC1CCOCC1. The Bertz CT molecular complexity index is 5620. The quantitative estimate of drug-likeness (QED) is 0.0216. The smallest absolute Gasteiger partial charge is 0.396 e. The van der Waals surface area contributed by atoms with Crippen LogP contribution in [0.3, 0.4) is 0 Å². The molecule has 9 aliphatic rings. The standard InChI is InChI=1S/2C32H35N3O9S.C29H33N3O6S.C3H3ClO3/c2*1-19-24-26(36)32(10-13-34(14-11-32)28(37)30(38)41-3)31(39)35(29(24)45-25(19)27-33-12-17-43-27)18-23(44-20-8-15-42-16-9-20)21-6-4-5-7-22(21)40-2;1-18-23-25(33)29(9-11-30-12-10-29)28(34)32(27(23)39-24(18)26-31-13-16-37-26)17-22(38-19-7-14-36-15-8-19)20-5-3-4-6-21(20)35-2;1-7-3(6)2(4)5/h2*4-7,12,17,20,23H,8-11,13-16,18H2,1-3H3;3-6,13,16,19,22,30H,7-12,14-15,17H2,1-2H3;1H3/t2*23-;22-;/m000./s1. The molecule has 6 aromatic heterocycles. The summed E-state index contributed by atoms with van der Waals surface area (Å²) in [7, 11) is 8.20. The third-order valence-electron chi connectivity index (χ3n) is 26.4. The van der Waals surface area contributed by atoms with Crippen molar-refractivity contribution in [3.63, 3.8) is 0 Å². The Kier molecular flexibility index (Phi) is 31.7. The summed E-state index contributed by atoms with van der Waals surface area (Å²) >= 11 is 8.56. The zero-order chi connectivity index (χ0) is 96.3. The van der Waals surface area contributed by atoms with Crippen LogP contribution < -0.4 is 34.2 Å². The van der Waals surface area contributed by atoms with E-state index in [2.05, 4.69) is 46.1 Å². The number of piperidine rings is 3. The van der Waals surface area contributed by atoms with Gasteiger partial charge in [-0.05, 0) is 157 Å². The highest BCUT2D eigenvalue weighted by atomic mass is 35.5. The molecular formula is C96H106ClN9O27S3. The molecule has 3 aromatic carbocycles. The lowest BCUT2D eigenvalue weighted by molar-refractivity contribution is -0.159. The molecule has 0 aliphatic carbocycles. The molecule has 15 heterocycles. The Morgan fingerprint density at radius 3 is 0.949 bits per heavy atom. The van der Waals surface area contributed by atoms with Gasteiger partial charge >= 0.3 is 35.0 Å². The van der Waals surface area contributed by atoms with Gasteiger partial charge in [-0.25, -0.2) is 29.3 Å². The second kappa shape index (κ2) is 43.7. The third-order valence-corrected chi connectivity index (χ3v) is 30.4. The second-order valence-corrected chi connectivity index (χ2v) is 37.2. The minimum absolute atomic E-state index is 0.00421. The number of likely N-dealkylation sites (tertiary alicyclic amines) is 2. The largest absolute Gasteiger partial charge is 0.496 e. The van der Waals surface area contributed by atoms with Gasteiger partial charge in [-0.15, -0.1) is 34.0 Å². The number of carbonyl (C=O) groups excluding carboxylic acids is 12. The topological polar surface area (TPSA) is 422 Å². The summed E-state index contributed by atoms with van der Waals surface area (Å²) in [5, 5.41) is 3.86. The summed E-state index contributed by atoms with van der Waals surface area (Å²) in [5.74, 6) is -3.00. The Balaban J connectivity index is 0.000000150. The van der Waals surface area contributed by atoms with Crippen molar-refractivity contribution in [1.29, 1.82) is 0 Å². The van der Waals surface area contributed by atoms with Crippen molar-refractivity contribution in [3.8, 4) is 49.6 Å². The minimum atomic E-state index is -1.43. The molecule has 6 fully saturated rings. The van der Waals surface area contributed by atoms with Crippen molar-refractivity contribution in [2.75, 3.05) is 156 Å². The van der Waals surface area contributed by atoms with E-state index >= 15 is 0 Å².